The highest BCUT2D eigenvalue weighted by atomic mass is 16.2. The first kappa shape index (κ1) is 21.1. The summed E-state index contributed by atoms with van der Waals surface area (Å²) in [6, 6.07) is 13.0. The topological polar surface area (TPSA) is 105 Å². The van der Waals surface area contributed by atoms with Crippen molar-refractivity contribution in [2.75, 3.05) is 17.2 Å². The maximum atomic E-state index is 13.2. The van der Waals surface area contributed by atoms with Gasteiger partial charge in [0.25, 0.3) is 5.91 Å². The van der Waals surface area contributed by atoms with Crippen LogP contribution in [0.3, 0.4) is 0 Å². The molecular weight excluding hydrogens is 416 g/mol. The van der Waals surface area contributed by atoms with Crippen LogP contribution in [0.5, 0.6) is 0 Å². The summed E-state index contributed by atoms with van der Waals surface area (Å²) in [5, 5.41) is 0. The standard InChI is InChI=1S/C25H26N6O2/c1-16-19-10-12-22(32)31(15-17-6-3-2-4-7-17)24(19)29-23(28-16)20-8-5-13-30(20)25(33)18-9-11-21(26)27-14-18/h2-4,6-7,9,11,14,20H,5,8,10,12-13,15H2,1H3,(H2,26,27)/t20-/m1/s1. The average molecular weight is 443 g/mol. The molecule has 0 unspecified atom stereocenters. The van der Waals surface area contributed by atoms with Gasteiger partial charge in [-0.1, -0.05) is 30.3 Å². The zero-order valence-electron chi connectivity index (χ0n) is 18.6. The van der Waals surface area contributed by atoms with Gasteiger partial charge in [0, 0.05) is 30.4 Å². The lowest BCUT2D eigenvalue weighted by atomic mass is 10.0. The predicted molar refractivity (Wildman–Crippen MR) is 124 cm³/mol. The first-order chi connectivity index (χ1) is 16.0. The SMILES string of the molecule is Cc1nc([C@H]2CCCN2C(=O)c2ccc(N)nc2)nc2c1CCC(=O)N2Cc1ccccc1. The van der Waals surface area contributed by atoms with E-state index in [1.807, 2.05) is 37.3 Å². The molecule has 1 saturated heterocycles. The highest BCUT2D eigenvalue weighted by Crippen LogP contribution is 2.35. The van der Waals surface area contributed by atoms with Crippen LogP contribution in [-0.4, -0.2) is 38.2 Å². The first-order valence-corrected chi connectivity index (χ1v) is 11.3. The molecule has 8 heteroatoms. The van der Waals surface area contributed by atoms with E-state index in [0.29, 0.717) is 49.0 Å². The number of nitrogen functional groups attached to an aromatic ring is 1. The van der Waals surface area contributed by atoms with Crippen molar-refractivity contribution in [2.24, 2.45) is 0 Å². The number of hydrogen-bond donors (Lipinski definition) is 1. The Balaban J connectivity index is 1.49. The van der Waals surface area contributed by atoms with Crippen LogP contribution in [0.1, 0.15) is 58.3 Å². The molecule has 8 nitrogen and oxygen atoms in total. The van der Waals surface area contributed by atoms with Gasteiger partial charge >= 0.3 is 0 Å². The molecule has 0 spiro atoms. The quantitative estimate of drug-likeness (QED) is 0.665. The van der Waals surface area contributed by atoms with Gasteiger partial charge < -0.3 is 10.6 Å². The van der Waals surface area contributed by atoms with E-state index >= 15 is 0 Å². The Morgan fingerprint density at radius 2 is 1.94 bits per heavy atom. The number of likely N-dealkylation sites (tertiary alicyclic amines) is 1. The van der Waals surface area contributed by atoms with Crippen LogP contribution in [0, 0.1) is 6.92 Å². The summed E-state index contributed by atoms with van der Waals surface area (Å²) in [7, 11) is 0. The number of rotatable bonds is 4. The summed E-state index contributed by atoms with van der Waals surface area (Å²) < 4.78 is 0. The highest BCUT2D eigenvalue weighted by molar-refractivity contribution is 5.96. The third-order valence-corrected chi connectivity index (χ3v) is 6.38. The van der Waals surface area contributed by atoms with Gasteiger partial charge in [-0.3, -0.25) is 14.5 Å². The maximum absolute atomic E-state index is 13.2. The lowest BCUT2D eigenvalue weighted by molar-refractivity contribution is -0.119. The van der Waals surface area contributed by atoms with Crippen molar-refractivity contribution in [3.8, 4) is 0 Å². The number of amides is 2. The minimum absolute atomic E-state index is 0.0581. The molecule has 0 saturated carbocycles. The molecule has 5 rings (SSSR count). The van der Waals surface area contributed by atoms with Crippen LogP contribution in [0.2, 0.25) is 0 Å². The molecule has 4 heterocycles. The van der Waals surface area contributed by atoms with Gasteiger partial charge in [-0.2, -0.15) is 0 Å². The number of hydrogen-bond acceptors (Lipinski definition) is 6. The minimum Gasteiger partial charge on any atom is -0.384 e. The number of nitrogens with two attached hydrogens (primary N) is 1. The van der Waals surface area contributed by atoms with E-state index in [0.717, 1.165) is 29.7 Å². The summed E-state index contributed by atoms with van der Waals surface area (Å²) in [6.45, 7) is 3.05. The van der Waals surface area contributed by atoms with Crippen LogP contribution >= 0.6 is 0 Å². The molecule has 1 atom stereocenters. The lowest BCUT2D eigenvalue weighted by Gasteiger charge is -2.31. The van der Waals surface area contributed by atoms with Gasteiger partial charge in [-0.15, -0.1) is 0 Å². The van der Waals surface area contributed by atoms with Crippen molar-refractivity contribution in [1.29, 1.82) is 0 Å². The lowest BCUT2D eigenvalue weighted by Crippen LogP contribution is -2.37. The Hall–Kier alpha value is -3.81. The van der Waals surface area contributed by atoms with E-state index in [9.17, 15) is 9.59 Å². The molecule has 1 aromatic carbocycles. The van der Waals surface area contributed by atoms with Gasteiger partial charge in [-0.05, 0) is 43.9 Å². The van der Waals surface area contributed by atoms with E-state index in [-0.39, 0.29) is 17.9 Å². The number of aryl methyl sites for hydroxylation is 1. The number of benzene rings is 1. The average Bonchev–Trinajstić information content (AvgIpc) is 3.31. The largest absolute Gasteiger partial charge is 0.384 e. The normalized spacial score (nSPS) is 17.8. The molecule has 0 radical (unpaired) electrons. The smallest absolute Gasteiger partial charge is 0.256 e. The van der Waals surface area contributed by atoms with Gasteiger partial charge in [-0.25, -0.2) is 15.0 Å². The van der Waals surface area contributed by atoms with Crippen molar-refractivity contribution >= 4 is 23.5 Å². The minimum atomic E-state index is -0.241. The maximum Gasteiger partial charge on any atom is 0.256 e. The predicted octanol–water partition coefficient (Wildman–Crippen LogP) is 3.22. The number of carbonyl (C=O) groups excluding carboxylic acids is 2. The molecular formula is C25H26N6O2. The number of nitrogens with zero attached hydrogens (tertiary/aromatic N) is 5. The molecule has 33 heavy (non-hydrogen) atoms. The first-order valence-electron chi connectivity index (χ1n) is 11.3. The van der Waals surface area contributed by atoms with Crippen LogP contribution in [0.25, 0.3) is 0 Å². The number of pyridine rings is 1. The summed E-state index contributed by atoms with van der Waals surface area (Å²) in [4.78, 5) is 43.4. The van der Waals surface area contributed by atoms with Crippen LogP contribution in [0.15, 0.2) is 48.7 Å². The molecule has 2 aromatic heterocycles. The van der Waals surface area contributed by atoms with Crippen molar-refractivity contribution < 1.29 is 9.59 Å². The molecule has 2 N–H and O–H groups in total. The Morgan fingerprint density at radius 1 is 1.12 bits per heavy atom. The third-order valence-electron chi connectivity index (χ3n) is 6.38. The van der Waals surface area contributed by atoms with Crippen LogP contribution in [-0.2, 0) is 17.8 Å². The van der Waals surface area contributed by atoms with E-state index in [1.54, 1.807) is 21.9 Å². The van der Waals surface area contributed by atoms with E-state index in [2.05, 4.69) is 4.98 Å². The fourth-order valence-corrected chi connectivity index (χ4v) is 4.66. The Morgan fingerprint density at radius 3 is 2.70 bits per heavy atom. The van der Waals surface area contributed by atoms with Gasteiger partial charge in [0.15, 0.2) is 5.82 Å². The van der Waals surface area contributed by atoms with E-state index in [1.165, 1.54) is 6.20 Å². The number of carbonyl (C=O) groups is 2. The monoisotopic (exact) mass is 442 g/mol. The second kappa shape index (κ2) is 8.61. The molecule has 3 aromatic rings. The summed E-state index contributed by atoms with van der Waals surface area (Å²) in [5.74, 6) is 1.59. The molecule has 2 amide bonds. The Labute approximate surface area is 192 Å². The zero-order valence-corrected chi connectivity index (χ0v) is 18.6. The van der Waals surface area contributed by atoms with Crippen molar-refractivity contribution in [3.05, 3.63) is 76.9 Å². The van der Waals surface area contributed by atoms with Crippen LogP contribution in [0.4, 0.5) is 11.6 Å². The molecule has 2 aliphatic heterocycles. The summed E-state index contributed by atoms with van der Waals surface area (Å²) in [5.41, 5.74) is 9.09. The zero-order chi connectivity index (χ0) is 22.9. The van der Waals surface area contributed by atoms with E-state index < -0.39 is 0 Å². The fourth-order valence-electron chi connectivity index (χ4n) is 4.66. The van der Waals surface area contributed by atoms with Gasteiger partial charge in [0.05, 0.1) is 18.2 Å². The summed E-state index contributed by atoms with van der Waals surface area (Å²) in [6.07, 6.45) is 4.23. The Bertz CT molecular complexity index is 1200. The third kappa shape index (κ3) is 4.04. The molecule has 1 fully saturated rings. The highest BCUT2D eigenvalue weighted by Gasteiger charge is 2.35. The second-order valence-electron chi connectivity index (χ2n) is 8.56. The number of anilines is 2. The van der Waals surface area contributed by atoms with Crippen molar-refractivity contribution in [2.45, 2.75) is 45.2 Å². The molecule has 168 valence electrons. The van der Waals surface area contributed by atoms with Crippen molar-refractivity contribution in [1.82, 2.24) is 19.9 Å². The number of aromatic nitrogens is 3. The van der Waals surface area contributed by atoms with Gasteiger partial charge in [0.2, 0.25) is 5.91 Å². The van der Waals surface area contributed by atoms with Crippen LogP contribution < -0.4 is 10.6 Å². The molecule has 2 aliphatic rings. The van der Waals surface area contributed by atoms with Gasteiger partial charge in [0.1, 0.15) is 11.6 Å². The van der Waals surface area contributed by atoms with Crippen molar-refractivity contribution in [3.63, 3.8) is 0 Å². The fraction of sp³-hybridized carbons (Fsp3) is 0.320. The summed E-state index contributed by atoms with van der Waals surface area (Å²) >= 11 is 0. The van der Waals surface area contributed by atoms with E-state index in [4.69, 9.17) is 15.7 Å². The second-order valence-corrected chi connectivity index (χ2v) is 8.56. The molecule has 0 aliphatic carbocycles. The Kier molecular flexibility index (Phi) is 5.50. The number of fused-ring (bicyclic) bond motifs is 1. The molecule has 0 bridgehead atoms.